The summed E-state index contributed by atoms with van der Waals surface area (Å²) in [5, 5.41) is 0. The Labute approximate surface area is 101 Å². The second-order valence-electron chi connectivity index (χ2n) is 3.89. The highest BCUT2D eigenvalue weighted by Crippen LogP contribution is 2.24. The van der Waals surface area contributed by atoms with Gasteiger partial charge < -0.3 is 14.2 Å². The molecular formula is C13H18O4. The molecule has 0 spiro atoms. The highest BCUT2D eigenvalue weighted by Gasteiger charge is 2.12. The van der Waals surface area contributed by atoms with E-state index in [0.29, 0.717) is 11.5 Å². The third-order valence-corrected chi connectivity index (χ3v) is 2.19. The van der Waals surface area contributed by atoms with Crippen molar-refractivity contribution in [3.8, 4) is 11.5 Å². The molecule has 0 aliphatic heterocycles. The number of esters is 1. The average Bonchev–Trinajstić information content (AvgIpc) is 2.27. The van der Waals surface area contributed by atoms with Crippen molar-refractivity contribution >= 4 is 5.97 Å². The molecule has 0 aliphatic carbocycles. The number of rotatable bonds is 5. The van der Waals surface area contributed by atoms with Crippen molar-refractivity contribution in [2.45, 2.75) is 26.4 Å². The van der Waals surface area contributed by atoms with Gasteiger partial charge in [-0.1, -0.05) is 0 Å². The van der Waals surface area contributed by atoms with Gasteiger partial charge in [-0.2, -0.15) is 0 Å². The molecule has 0 radical (unpaired) electrons. The molecule has 4 nitrogen and oxygen atoms in total. The zero-order valence-electron chi connectivity index (χ0n) is 10.6. The summed E-state index contributed by atoms with van der Waals surface area (Å²) in [6.45, 7) is 3.64. The molecular weight excluding hydrogens is 220 g/mol. The van der Waals surface area contributed by atoms with E-state index in [2.05, 4.69) is 0 Å². The first kappa shape index (κ1) is 13.4. The van der Waals surface area contributed by atoms with Gasteiger partial charge in [0.2, 0.25) is 0 Å². The fourth-order valence-corrected chi connectivity index (χ4v) is 1.48. The summed E-state index contributed by atoms with van der Waals surface area (Å²) >= 11 is 0. The number of hydrogen-bond donors (Lipinski definition) is 0. The van der Waals surface area contributed by atoms with Crippen molar-refractivity contribution in [3.63, 3.8) is 0 Å². The number of carbonyl (C=O) groups excluding carboxylic acids is 1. The van der Waals surface area contributed by atoms with E-state index in [0.717, 1.165) is 5.56 Å². The first-order valence-corrected chi connectivity index (χ1v) is 5.47. The van der Waals surface area contributed by atoms with Crippen LogP contribution in [-0.2, 0) is 16.0 Å². The molecule has 1 aromatic carbocycles. The fourth-order valence-electron chi connectivity index (χ4n) is 1.48. The number of carbonyl (C=O) groups is 1. The van der Waals surface area contributed by atoms with Crippen molar-refractivity contribution in [2.75, 3.05) is 14.2 Å². The molecule has 0 fully saturated rings. The molecule has 94 valence electrons. The summed E-state index contributed by atoms with van der Waals surface area (Å²) in [7, 11) is 3.15. The van der Waals surface area contributed by atoms with Gasteiger partial charge in [-0.3, -0.25) is 4.79 Å². The largest absolute Gasteiger partial charge is 0.497 e. The number of methoxy groups -OCH3 is 2. The molecule has 0 saturated heterocycles. The van der Waals surface area contributed by atoms with Gasteiger partial charge in [-0.15, -0.1) is 0 Å². The van der Waals surface area contributed by atoms with Gasteiger partial charge in [-0.25, -0.2) is 0 Å². The average molecular weight is 238 g/mol. The van der Waals surface area contributed by atoms with E-state index < -0.39 is 0 Å². The van der Waals surface area contributed by atoms with E-state index in [-0.39, 0.29) is 18.5 Å². The second kappa shape index (κ2) is 6.13. The first-order chi connectivity index (χ1) is 8.06. The van der Waals surface area contributed by atoms with Crippen LogP contribution in [0.25, 0.3) is 0 Å². The molecule has 17 heavy (non-hydrogen) atoms. The maximum Gasteiger partial charge on any atom is 0.310 e. The van der Waals surface area contributed by atoms with E-state index in [9.17, 15) is 4.79 Å². The van der Waals surface area contributed by atoms with E-state index in [1.165, 1.54) is 0 Å². The first-order valence-electron chi connectivity index (χ1n) is 5.47. The van der Waals surface area contributed by atoms with Crippen LogP contribution in [-0.4, -0.2) is 26.3 Å². The molecule has 0 aliphatic rings. The van der Waals surface area contributed by atoms with Gasteiger partial charge >= 0.3 is 5.97 Å². The Morgan fingerprint density at radius 3 is 2.47 bits per heavy atom. The Bertz CT molecular complexity index is 385. The quantitative estimate of drug-likeness (QED) is 0.738. The van der Waals surface area contributed by atoms with Crippen LogP contribution in [0.2, 0.25) is 0 Å². The molecule has 1 aromatic rings. The van der Waals surface area contributed by atoms with E-state index in [1.807, 2.05) is 13.8 Å². The van der Waals surface area contributed by atoms with E-state index >= 15 is 0 Å². The normalized spacial score (nSPS) is 10.2. The van der Waals surface area contributed by atoms with Gasteiger partial charge in [0.25, 0.3) is 0 Å². The summed E-state index contributed by atoms with van der Waals surface area (Å²) in [5.41, 5.74) is 0.762. The number of benzene rings is 1. The summed E-state index contributed by atoms with van der Waals surface area (Å²) in [6, 6.07) is 5.34. The van der Waals surface area contributed by atoms with Crippen LogP contribution < -0.4 is 9.47 Å². The van der Waals surface area contributed by atoms with Gasteiger partial charge in [-0.05, 0) is 32.0 Å². The Kier molecular flexibility index (Phi) is 4.82. The summed E-state index contributed by atoms with van der Waals surface area (Å²) < 4.78 is 15.4. The third kappa shape index (κ3) is 3.98. The minimum atomic E-state index is -0.272. The molecule has 0 N–H and O–H groups in total. The lowest BCUT2D eigenvalue weighted by Crippen LogP contribution is -2.14. The molecule has 0 saturated carbocycles. The van der Waals surface area contributed by atoms with Crippen molar-refractivity contribution in [2.24, 2.45) is 0 Å². The van der Waals surface area contributed by atoms with Gasteiger partial charge in [0.05, 0.1) is 26.7 Å². The lowest BCUT2D eigenvalue weighted by atomic mass is 10.1. The van der Waals surface area contributed by atoms with Crippen LogP contribution in [0, 0.1) is 0 Å². The predicted octanol–water partition coefficient (Wildman–Crippen LogP) is 2.20. The van der Waals surface area contributed by atoms with E-state index in [4.69, 9.17) is 14.2 Å². The van der Waals surface area contributed by atoms with Gasteiger partial charge in [0, 0.05) is 5.56 Å². The van der Waals surface area contributed by atoms with Gasteiger partial charge in [0.15, 0.2) is 0 Å². The van der Waals surface area contributed by atoms with Crippen LogP contribution in [0.1, 0.15) is 19.4 Å². The van der Waals surface area contributed by atoms with Crippen molar-refractivity contribution in [1.82, 2.24) is 0 Å². The van der Waals surface area contributed by atoms with Crippen molar-refractivity contribution in [1.29, 1.82) is 0 Å². The minimum absolute atomic E-state index is 0.112. The Morgan fingerprint density at radius 1 is 1.24 bits per heavy atom. The van der Waals surface area contributed by atoms with Crippen LogP contribution in [0.3, 0.4) is 0 Å². The number of ether oxygens (including phenoxy) is 3. The standard InChI is InChI=1S/C13H18O4/c1-9(2)17-13(14)8-10-7-11(15-3)5-6-12(10)16-4/h5-7,9H,8H2,1-4H3. The topological polar surface area (TPSA) is 44.8 Å². The molecule has 0 amide bonds. The summed E-state index contributed by atoms with van der Waals surface area (Å²) in [5.74, 6) is 1.08. The Hall–Kier alpha value is -1.71. The maximum atomic E-state index is 11.6. The Morgan fingerprint density at radius 2 is 1.94 bits per heavy atom. The third-order valence-electron chi connectivity index (χ3n) is 2.19. The molecule has 0 unspecified atom stereocenters. The predicted molar refractivity (Wildman–Crippen MR) is 64.5 cm³/mol. The molecule has 4 heteroatoms. The molecule has 0 atom stereocenters. The second-order valence-corrected chi connectivity index (χ2v) is 3.89. The minimum Gasteiger partial charge on any atom is -0.497 e. The molecule has 1 rings (SSSR count). The molecule has 0 heterocycles. The van der Waals surface area contributed by atoms with E-state index in [1.54, 1.807) is 32.4 Å². The molecule has 0 aromatic heterocycles. The smallest absolute Gasteiger partial charge is 0.310 e. The lowest BCUT2D eigenvalue weighted by molar-refractivity contribution is -0.146. The van der Waals surface area contributed by atoms with Gasteiger partial charge in [0.1, 0.15) is 11.5 Å². The van der Waals surface area contributed by atoms with Crippen LogP contribution in [0.5, 0.6) is 11.5 Å². The number of hydrogen-bond acceptors (Lipinski definition) is 4. The zero-order chi connectivity index (χ0) is 12.8. The zero-order valence-corrected chi connectivity index (χ0v) is 10.6. The van der Waals surface area contributed by atoms with Crippen molar-refractivity contribution < 1.29 is 19.0 Å². The summed E-state index contributed by atoms with van der Waals surface area (Å²) in [4.78, 5) is 11.6. The van der Waals surface area contributed by atoms with Crippen LogP contribution in [0.15, 0.2) is 18.2 Å². The highest BCUT2D eigenvalue weighted by atomic mass is 16.5. The van der Waals surface area contributed by atoms with Crippen LogP contribution in [0.4, 0.5) is 0 Å². The van der Waals surface area contributed by atoms with Crippen molar-refractivity contribution in [3.05, 3.63) is 23.8 Å². The molecule has 0 bridgehead atoms. The Balaban J connectivity index is 2.83. The fraction of sp³-hybridized carbons (Fsp3) is 0.462. The van der Waals surface area contributed by atoms with Crippen LogP contribution >= 0.6 is 0 Å². The maximum absolute atomic E-state index is 11.6. The highest BCUT2D eigenvalue weighted by molar-refractivity contribution is 5.74. The monoisotopic (exact) mass is 238 g/mol. The summed E-state index contributed by atoms with van der Waals surface area (Å²) in [6.07, 6.45) is 0.0672. The SMILES string of the molecule is COc1ccc(OC)c(CC(=O)OC(C)C)c1. The lowest BCUT2D eigenvalue weighted by Gasteiger charge is -2.11.